The number of rotatable bonds is 2. The van der Waals surface area contributed by atoms with E-state index in [-0.39, 0.29) is 5.56 Å². The minimum absolute atomic E-state index is 0.227. The second kappa shape index (κ2) is 5.92. The number of amides is 1. The molecule has 2 rings (SSSR count). The van der Waals surface area contributed by atoms with E-state index in [0.717, 1.165) is 12.8 Å². The highest BCUT2D eigenvalue weighted by Gasteiger charge is 2.36. The quantitative estimate of drug-likeness (QED) is 0.891. The van der Waals surface area contributed by atoms with Crippen molar-refractivity contribution in [3.63, 3.8) is 0 Å². The summed E-state index contributed by atoms with van der Waals surface area (Å²) >= 11 is 3.16. The minimum Gasteiger partial charge on any atom is -0.334 e. The lowest BCUT2D eigenvalue weighted by Crippen LogP contribution is -2.49. The van der Waals surface area contributed by atoms with Crippen molar-refractivity contribution in [3.8, 4) is 6.07 Å². The molecule has 0 radical (unpaired) electrons. The summed E-state index contributed by atoms with van der Waals surface area (Å²) < 4.78 is 13.8. The van der Waals surface area contributed by atoms with E-state index in [4.69, 9.17) is 0 Å². The van der Waals surface area contributed by atoms with Crippen molar-refractivity contribution in [2.75, 3.05) is 0 Å². The van der Waals surface area contributed by atoms with E-state index < -0.39 is 17.3 Å². The van der Waals surface area contributed by atoms with Gasteiger partial charge in [0.2, 0.25) is 0 Å². The fraction of sp³-hybridized carbons (Fsp3) is 0.467. The van der Waals surface area contributed by atoms with Crippen LogP contribution in [0.2, 0.25) is 0 Å². The molecule has 1 aliphatic rings. The monoisotopic (exact) mass is 338 g/mol. The molecule has 1 saturated carbocycles. The van der Waals surface area contributed by atoms with Gasteiger partial charge in [-0.1, -0.05) is 22.9 Å². The first-order valence-corrected chi connectivity index (χ1v) is 7.43. The fourth-order valence-corrected chi connectivity index (χ4v) is 2.96. The van der Waals surface area contributed by atoms with Gasteiger partial charge in [0.25, 0.3) is 5.91 Å². The summed E-state index contributed by atoms with van der Waals surface area (Å²) in [5.74, 6) is -0.300. The maximum absolute atomic E-state index is 13.3. The number of nitrogens with one attached hydrogen (secondary N) is 1. The third kappa shape index (κ3) is 3.37. The van der Waals surface area contributed by atoms with Crippen LogP contribution in [0.3, 0.4) is 0 Å². The Morgan fingerprint density at radius 1 is 1.45 bits per heavy atom. The van der Waals surface area contributed by atoms with Crippen LogP contribution >= 0.6 is 15.9 Å². The van der Waals surface area contributed by atoms with E-state index in [9.17, 15) is 14.4 Å². The Bertz CT molecular complexity index is 539. The normalized spacial score (nSPS) is 25.8. The summed E-state index contributed by atoms with van der Waals surface area (Å²) in [5, 5.41) is 12.2. The molecule has 5 heteroatoms. The van der Waals surface area contributed by atoms with E-state index >= 15 is 0 Å². The zero-order chi connectivity index (χ0) is 14.8. The van der Waals surface area contributed by atoms with E-state index in [1.54, 1.807) is 6.07 Å². The highest BCUT2D eigenvalue weighted by molar-refractivity contribution is 9.10. The van der Waals surface area contributed by atoms with E-state index in [1.807, 2.05) is 0 Å². The molecule has 1 aromatic carbocycles. The first-order valence-electron chi connectivity index (χ1n) is 6.64. The van der Waals surface area contributed by atoms with Gasteiger partial charge in [-0.05, 0) is 49.8 Å². The molecule has 0 aliphatic heterocycles. The van der Waals surface area contributed by atoms with Crippen molar-refractivity contribution in [1.29, 1.82) is 5.26 Å². The van der Waals surface area contributed by atoms with Crippen molar-refractivity contribution >= 4 is 21.8 Å². The maximum Gasteiger partial charge on any atom is 0.252 e. The van der Waals surface area contributed by atoms with Gasteiger partial charge in [-0.15, -0.1) is 0 Å². The van der Waals surface area contributed by atoms with Gasteiger partial charge in [-0.3, -0.25) is 4.79 Å². The summed E-state index contributed by atoms with van der Waals surface area (Å²) in [4.78, 5) is 12.2. The number of hydrogen-bond donors (Lipinski definition) is 1. The molecular formula is C15H16BrFN2O. The topological polar surface area (TPSA) is 52.9 Å². The first kappa shape index (κ1) is 15.0. The smallest absolute Gasteiger partial charge is 0.252 e. The third-order valence-electron chi connectivity index (χ3n) is 3.82. The molecule has 0 heterocycles. The Hall–Kier alpha value is -1.41. The average molecular weight is 339 g/mol. The molecule has 0 spiro atoms. The third-order valence-corrected chi connectivity index (χ3v) is 4.28. The number of nitrogens with zero attached hydrogens (tertiary/aromatic N) is 1. The van der Waals surface area contributed by atoms with Gasteiger partial charge >= 0.3 is 0 Å². The Morgan fingerprint density at radius 3 is 2.65 bits per heavy atom. The number of carbonyl (C=O) groups is 1. The minimum atomic E-state index is -0.817. The average Bonchev–Trinajstić information content (AvgIpc) is 2.40. The summed E-state index contributed by atoms with van der Waals surface area (Å²) in [7, 11) is 0. The molecule has 1 fully saturated rings. The van der Waals surface area contributed by atoms with Crippen LogP contribution in [0.25, 0.3) is 0 Å². The van der Waals surface area contributed by atoms with Gasteiger partial charge in [0.1, 0.15) is 11.4 Å². The summed E-state index contributed by atoms with van der Waals surface area (Å²) in [6.45, 7) is 2.15. The standard InChI is InChI=1S/C15H16BrFN2O/c1-10-2-4-15(9-18,5-3-10)19-14(20)11-6-12(16)8-13(17)7-11/h6-8,10H,2-5H2,1H3,(H,19,20). The summed E-state index contributed by atoms with van der Waals surface area (Å²) in [6.07, 6.45) is 3.13. The Labute approximate surface area is 126 Å². The molecule has 0 saturated heterocycles. The van der Waals surface area contributed by atoms with Crippen LogP contribution in [-0.4, -0.2) is 11.4 Å². The largest absolute Gasteiger partial charge is 0.334 e. The lowest BCUT2D eigenvalue weighted by atomic mass is 9.78. The van der Waals surface area contributed by atoms with Crippen LogP contribution in [0.15, 0.2) is 22.7 Å². The molecule has 1 amide bonds. The van der Waals surface area contributed by atoms with Crippen LogP contribution in [0.1, 0.15) is 43.0 Å². The SMILES string of the molecule is CC1CCC(C#N)(NC(=O)c2cc(F)cc(Br)c2)CC1. The molecule has 106 valence electrons. The van der Waals surface area contributed by atoms with E-state index in [1.165, 1.54) is 12.1 Å². The Morgan fingerprint density at radius 2 is 2.10 bits per heavy atom. The lowest BCUT2D eigenvalue weighted by Gasteiger charge is -2.34. The molecule has 0 bridgehead atoms. The molecule has 20 heavy (non-hydrogen) atoms. The second-order valence-corrected chi connectivity index (χ2v) is 6.40. The molecule has 1 aromatic rings. The molecule has 0 aromatic heterocycles. The first-order chi connectivity index (χ1) is 9.44. The number of benzene rings is 1. The summed E-state index contributed by atoms with van der Waals surface area (Å²) in [6, 6.07) is 6.25. The lowest BCUT2D eigenvalue weighted by molar-refractivity contribution is 0.0893. The van der Waals surface area contributed by atoms with Crippen LogP contribution in [0, 0.1) is 23.1 Å². The number of hydrogen-bond acceptors (Lipinski definition) is 2. The summed E-state index contributed by atoms with van der Waals surface area (Å²) in [5.41, 5.74) is -0.590. The molecule has 1 aliphatic carbocycles. The van der Waals surface area contributed by atoms with Crippen LogP contribution < -0.4 is 5.32 Å². The van der Waals surface area contributed by atoms with Crippen LogP contribution in [0.4, 0.5) is 4.39 Å². The second-order valence-electron chi connectivity index (χ2n) is 5.49. The van der Waals surface area contributed by atoms with Crippen LogP contribution in [-0.2, 0) is 0 Å². The van der Waals surface area contributed by atoms with Crippen molar-refractivity contribution in [1.82, 2.24) is 5.32 Å². The predicted molar refractivity (Wildman–Crippen MR) is 77.5 cm³/mol. The number of halogens is 2. The molecule has 0 atom stereocenters. The van der Waals surface area contributed by atoms with Crippen molar-refractivity contribution in [2.45, 2.75) is 38.1 Å². The maximum atomic E-state index is 13.3. The fourth-order valence-electron chi connectivity index (χ4n) is 2.49. The van der Waals surface area contributed by atoms with Crippen molar-refractivity contribution in [3.05, 3.63) is 34.1 Å². The van der Waals surface area contributed by atoms with Crippen LogP contribution in [0.5, 0.6) is 0 Å². The van der Waals surface area contributed by atoms with E-state index in [0.29, 0.717) is 23.2 Å². The molecule has 0 unspecified atom stereocenters. The number of carbonyl (C=O) groups excluding carboxylic acids is 1. The van der Waals surface area contributed by atoms with Gasteiger partial charge < -0.3 is 5.32 Å². The van der Waals surface area contributed by atoms with Gasteiger partial charge in [0.15, 0.2) is 0 Å². The Balaban J connectivity index is 2.16. The van der Waals surface area contributed by atoms with Gasteiger partial charge in [0, 0.05) is 10.0 Å². The van der Waals surface area contributed by atoms with Gasteiger partial charge in [0.05, 0.1) is 6.07 Å². The van der Waals surface area contributed by atoms with Gasteiger partial charge in [-0.2, -0.15) is 5.26 Å². The molecule has 1 N–H and O–H groups in total. The van der Waals surface area contributed by atoms with E-state index in [2.05, 4.69) is 34.2 Å². The zero-order valence-corrected chi connectivity index (χ0v) is 12.8. The van der Waals surface area contributed by atoms with Gasteiger partial charge in [-0.25, -0.2) is 4.39 Å². The number of nitriles is 1. The predicted octanol–water partition coefficient (Wildman–Crippen LogP) is 3.79. The van der Waals surface area contributed by atoms with Crippen molar-refractivity contribution < 1.29 is 9.18 Å². The highest BCUT2D eigenvalue weighted by Crippen LogP contribution is 2.31. The van der Waals surface area contributed by atoms with Crippen molar-refractivity contribution in [2.24, 2.45) is 5.92 Å². The molecule has 3 nitrogen and oxygen atoms in total. The highest BCUT2D eigenvalue weighted by atomic mass is 79.9. The molecular weight excluding hydrogens is 323 g/mol. The Kier molecular flexibility index (Phi) is 4.44. The zero-order valence-electron chi connectivity index (χ0n) is 11.2.